The van der Waals surface area contributed by atoms with E-state index < -0.39 is 11.8 Å². The van der Waals surface area contributed by atoms with E-state index in [0.29, 0.717) is 0 Å². The van der Waals surface area contributed by atoms with Gasteiger partial charge in [-0.3, -0.25) is 0 Å². The molecule has 1 fully saturated rings. The Morgan fingerprint density at radius 2 is 2.35 bits per heavy atom. The summed E-state index contributed by atoms with van der Waals surface area (Å²) in [7, 11) is 0. The van der Waals surface area contributed by atoms with Crippen molar-refractivity contribution in [2.75, 3.05) is 11.9 Å². The zero-order valence-electron chi connectivity index (χ0n) is 11.2. The molecule has 2 unspecified atom stereocenters. The van der Waals surface area contributed by atoms with Crippen molar-refractivity contribution in [2.24, 2.45) is 5.41 Å². The van der Waals surface area contributed by atoms with Gasteiger partial charge in [0.15, 0.2) is 0 Å². The number of hydrogen-bond donors (Lipinski definition) is 3. The molecule has 1 saturated carbocycles. The minimum Gasteiger partial charge on any atom is -0.396 e. The lowest BCUT2D eigenvalue weighted by atomic mass is 9.86. The van der Waals surface area contributed by atoms with E-state index in [-0.39, 0.29) is 28.8 Å². The zero-order chi connectivity index (χ0) is 14.8. The number of urea groups is 1. The van der Waals surface area contributed by atoms with Crippen molar-refractivity contribution < 1.29 is 14.3 Å². The summed E-state index contributed by atoms with van der Waals surface area (Å²) in [6.45, 7) is 1.96. The van der Waals surface area contributed by atoms with Gasteiger partial charge in [0.05, 0.1) is 12.3 Å². The number of halogens is 2. The van der Waals surface area contributed by atoms with Gasteiger partial charge in [0.2, 0.25) is 0 Å². The minimum atomic E-state index is -0.580. The Morgan fingerprint density at radius 3 is 3.00 bits per heavy atom. The third kappa shape index (κ3) is 3.22. The van der Waals surface area contributed by atoms with E-state index in [1.807, 2.05) is 6.92 Å². The quantitative estimate of drug-likeness (QED) is 0.803. The molecule has 3 N–H and O–H groups in total. The van der Waals surface area contributed by atoms with E-state index in [0.717, 1.165) is 25.3 Å². The summed E-state index contributed by atoms with van der Waals surface area (Å²) in [6.07, 6.45) is 2.63. The van der Waals surface area contributed by atoms with Crippen molar-refractivity contribution in [2.45, 2.75) is 32.2 Å². The normalized spacial score (nSPS) is 25.5. The first kappa shape index (κ1) is 15.1. The Kier molecular flexibility index (Phi) is 4.50. The maximum Gasteiger partial charge on any atom is 0.319 e. The molecular formula is C14H18ClFN2O2. The van der Waals surface area contributed by atoms with E-state index in [1.54, 1.807) is 0 Å². The van der Waals surface area contributed by atoms with E-state index in [9.17, 15) is 14.3 Å². The molecule has 1 aromatic rings. The van der Waals surface area contributed by atoms with Crippen LogP contribution >= 0.6 is 11.6 Å². The molecule has 1 aliphatic rings. The van der Waals surface area contributed by atoms with Gasteiger partial charge >= 0.3 is 6.03 Å². The number of nitrogens with one attached hydrogen (secondary N) is 2. The smallest absolute Gasteiger partial charge is 0.319 e. The molecule has 0 heterocycles. The minimum absolute atomic E-state index is 0.0211. The summed E-state index contributed by atoms with van der Waals surface area (Å²) >= 11 is 5.65. The number of hydrogen-bond acceptors (Lipinski definition) is 2. The fourth-order valence-corrected chi connectivity index (χ4v) is 2.73. The van der Waals surface area contributed by atoms with Gasteiger partial charge in [-0.05, 0) is 31.0 Å². The first-order valence-electron chi connectivity index (χ1n) is 6.58. The lowest BCUT2D eigenvalue weighted by Crippen LogP contribution is -2.46. The predicted octanol–water partition coefficient (Wildman–Crippen LogP) is 3.15. The van der Waals surface area contributed by atoms with Crippen molar-refractivity contribution in [3.8, 4) is 0 Å². The lowest BCUT2D eigenvalue weighted by molar-refractivity contribution is 0.122. The highest BCUT2D eigenvalue weighted by Gasteiger charge is 2.39. The molecule has 2 rings (SSSR count). The summed E-state index contributed by atoms with van der Waals surface area (Å²) in [5.74, 6) is -0.580. The number of rotatable bonds is 3. The average Bonchev–Trinajstić information content (AvgIpc) is 2.75. The molecule has 2 amide bonds. The Balaban J connectivity index is 1.99. The monoisotopic (exact) mass is 300 g/mol. The van der Waals surface area contributed by atoms with E-state index in [4.69, 9.17) is 11.6 Å². The number of anilines is 1. The molecule has 110 valence electrons. The van der Waals surface area contributed by atoms with Gasteiger partial charge in [-0.15, -0.1) is 0 Å². The largest absolute Gasteiger partial charge is 0.396 e. The second-order valence-electron chi connectivity index (χ2n) is 5.48. The van der Waals surface area contributed by atoms with Crippen LogP contribution in [-0.2, 0) is 0 Å². The molecule has 1 aromatic carbocycles. The first-order chi connectivity index (χ1) is 9.44. The molecule has 4 nitrogen and oxygen atoms in total. The van der Waals surface area contributed by atoms with Gasteiger partial charge in [-0.25, -0.2) is 9.18 Å². The second-order valence-corrected chi connectivity index (χ2v) is 5.92. The predicted molar refractivity (Wildman–Crippen MR) is 76.4 cm³/mol. The fourth-order valence-electron chi connectivity index (χ4n) is 2.58. The Labute approximate surface area is 122 Å². The fraction of sp³-hybridized carbons (Fsp3) is 0.500. The molecule has 6 heteroatoms. The molecule has 0 aliphatic heterocycles. The first-order valence-corrected chi connectivity index (χ1v) is 6.96. The van der Waals surface area contributed by atoms with Crippen LogP contribution in [0, 0.1) is 11.2 Å². The van der Waals surface area contributed by atoms with Gasteiger partial charge in [-0.1, -0.05) is 24.9 Å². The highest BCUT2D eigenvalue weighted by molar-refractivity contribution is 6.30. The van der Waals surface area contributed by atoms with E-state index in [2.05, 4.69) is 10.6 Å². The van der Waals surface area contributed by atoms with Crippen LogP contribution < -0.4 is 10.6 Å². The summed E-state index contributed by atoms with van der Waals surface area (Å²) in [5.41, 5.74) is -0.230. The summed E-state index contributed by atoms with van der Waals surface area (Å²) in [5, 5.41) is 15.0. The molecule has 2 atom stereocenters. The molecule has 0 aromatic heterocycles. The summed E-state index contributed by atoms with van der Waals surface area (Å²) in [6, 6.07) is 3.48. The molecular weight excluding hydrogens is 283 g/mol. The highest BCUT2D eigenvalue weighted by Crippen LogP contribution is 2.37. The second kappa shape index (κ2) is 5.97. The highest BCUT2D eigenvalue weighted by atomic mass is 35.5. The standard InChI is InChI=1S/C14H18ClFN2O2/c1-14(8-19)6-2-3-12(14)18-13(20)17-11-5-4-9(15)7-10(11)16/h4-5,7,12,19H,2-3,6,8H2,1H3,(H2,17,18,20). The maximum absolute atomic E-state index is 13.6. The van der Waals surface area contributed by atoms with Crippen molar-refractivity contribution in [3.63, 3.8) is 0 Å². The molecule has 0 radical (unpaired) electrons. The summed E-state index contributed by atoms with van der Waals surface area (Å²) < 4.78 is 13.6. The van der Waals surface area contributed by atoms with Crippen molar-refractivity contribution in [1.82, 2.24) is 5.32 Å². The molecule has 1 aliphatic carbocycles. The SMILES string of the molecule is CC1(CO)CCCC1NC(=O)Nc1ccc(Cl)cc1F. The van der Waals surface area contributed by atoms with Crippen LogP contribution in [0.5, 0.6) is 0 Å². The van der Waals surface area contributed by atoms with Gasteiger partial charge in [-0.2, -0.15) is 0 Å². The Morgan fingerprint density at radius 1 is 1.60 bits per heavy atom. The van der Waals surface area contributed by atoms with Crippen LogP contribution in [0.2, 0.25) is 5.02 Å². The van der Waals surface area contributed by atoms with Crippen LogP contribution in [0.3, 0.4) is 0 Å². The van der Waals surface area contributed by atoms with Gasteiger partial charge in [0, 0.05) is 16.5 Å². The summed E-state index contributed by atoms with van der Waals surface area (Å²) in [4.78, 5) is 11.9. The van der Waals surface area contributed by atoms with Gasteiger partial charge in [0.1, 0.15) is 5.82 Å². The Bertz CT molecular complexity index is 512. The topological polar surface area (TPSA) is 61.4 Å². The van der Waals surface area contributed by atoms with Gasteiger partial charge in [0.25, 0.3) is 0 Å². The number of aliphatic hydroxyl groups is 1. The molecule has 0 bridgehead atoms. The Hall–Kier alpha value is -1.33. The number of carbonyl (C=O) groups is 1. The third-order valence-corrected chi connectivity index (χ3v) is 4.16. The van der Waals surface area contributed by atoms with Crippen LogP contribution in [-0.4, -0.2) is 23.8 Å². The lowest BCUT2D eigenvalue weighted by Gasteiger charge is -2.30. The van der Waals surface area contributed by atoms with Crippen LogP contribution in [0.25, 0.3) is 0 Å². The molecule has 0 saturated heterocycles. The van der Waals surface area contributed by atoms with Crippen LogP contribution in [0.15, 0.2) is 18.2 Å². The van der Waals surface area contributed by atoms with E-state index >= 15 is 0 Å². The zero-order valence-corrected chi connectivity index (χ0v) is 12.0. The molecule has 20 heavy (non-hydrogen) atoms. The van der Waals surface area contributed by atoms with E-state index in [1.165, 1.54) is 12.1 Å². The van der Waals surface area contributed by atoms with Gasteiger partial charge < -0.3 is 15.7 Å². The number of carbonyl (C=O) groups excluding carboxylic acids is 1. The molecule has 0 spiro atoms. The average molecular weight is 301 g/mol. The van der Waals surface area contributed by atoms with Crippen molar-refractivity contribution >= 4 is 23.3 Å². The number of benzene rings is 1. The third-order valence-electron chi connectivity index (χ3n) is 3.93. The maximum atomic E-state index is 13.6. The van der Waals surface area contributed by atoms with Crippen LogP contribution in [0.1, 0.15) is 26.2 Å². The van der Waals surface area contributed by atoms with Crippen molar-refractivity contribution in [1.29, 1.82) is 0 Å². The van der Waals surface area contributed by atoms with Crippen molar-refractivity contribution in [3.05, 3.63) is 29.0 Å². The number of aliphatic hydroxyl groups excluding tert-OH is 1. The number of amides is 2. The van der Waals surface area contributed by atoms with Crippen LogP contribution in [0.4, 0.5) is 14.9 Å².